The van der Waals surface area contributed by atoms with E-state index in [1.807, 2.05) is 30.3 Å². The molecule has 1 amide bonds. The second kappa shape index (κ2) is 7.04. The number of rotatable bonds is 3. The Balaban J connectivity index is 1.93. The standard InChI is InChI=1S/C21H17NO2/c1-24-14-16-9-6-15(7-10-16)8-11-17-12-18-4-2-3-5-19(18)20(13-17)21(22)23/h6-7,9-10,12-13H,2,4,14H2,1H3,(H2,22,23). The fourth-order valence-electron chi connectivity index (χ4n) is 2.66. The van der Waals surface area contributed by atoms with Gasteiger partial charge in [0.1, 0.15) is 0 Å². The second-order valence-electron chi connectivity index (χ2n) is 5.60. The van der Waals surface area contributed by atoms with Gasteiger partial charge < -0.3 is 10.5 Å². The fourth-order valence-corrected chi connectivity index (χ4v) is 2.66. The summed E-state index contributed by atoms with van der Waals surface area (Å²) in [6.45, 7) is 0.585. The number of nitrogens with two attached hydrogens (primary N) is 1. The number of hydrogen-bond donors (Lipinski definition) is 1. The van der Waals surface area contributed by atoms with E-state index in [9.17, 15) is 4.79 Å². The van der Waals surface area contributed by atoms with Crippen LogP contribution in [0.5, 0.6) is 0 Å². The lowest BCUT2D eigenvalue weighted by molar-refractivity contribution is 0.1000. The van der Waals surface area contributed by atoms with Gasteiger partial charge >= 0.3 is 0 Å². The number of ether oxygens (including phenoxy) is 1. The maximum absolute atomic E-state index is 11.7. The highest BCUT2D eigenvalue weighted by Gasteiger charge is 2.14. The number of hydrogen-bond acceptors (Lipinski definition) is 2. The van der Waals surface area contributed by atoms with Crippen molar-refractivity contribution in [3.8, 4) is 23.7 Å². The number of amides is 1. The van der Waals surface area contributed by atoms with E-state index in [4.69, 9.17) is 10.5 Å². The zero-order valence-electron chi connectivity index (χ0n) is 13.5. The number of aryl methyl sites for hydroxylation is 1. The Morgan fingerprint density at radius 1 is 1.21 bits per heavy atom. The molecule has 0 saturated carbocycles. The van der Waals surface area contributed by atoms with Gasteiger partial charge in [0.25, 0.3) is 0 Å². The smallest absolute Gasteiger partial charge is 0.250 e. The number of carbonyl (C=O) groups excluding carboxylic acids is 1. The molecule has 3 heteroatoms. The minimum Gasteiger partial charge on any atom is -0.380 e. The number of carbonyl (C=O) groups is 1. The van der Waals surface area contributed by atoms with Crippen molar-refractivity contribution in [1.29, 1.82) is 0 Å². The van der Waals surface area contributed by atoms with E-state index in [-0.39, 0.29) is 0 Å². The summed E-state index contributed by atoms with van der Waals surface area (Å²) < 4.78 is 5.09. The SMILES string of the molecule is COCc1ccc(C#Cc2cc3c(c(C(N)=O)c2)C#CCC3)cc1. The molecule has 0 aliphatic heterocycles. The van der Waals surface area contributed by atoms with Crippen molar-refractivity contribution in [3.05, 3.63) is 69.8 Å². The Labute approximate surface area is 141 Å². The van der Waals surface area contributed by atoms with Crippen LogP contribution in [0.3, 0.4) is 0 Å². The van der Waals surface area contributed by atoms with Gasteiger partial charge in [0.2, 0.25) is 5.91 Å². The lowest BCUT2D eigenvalue weighted by Gasteiger charge is -2.11. The summed E-state index contributed by atoms with van der Waals surface area (Å²) in [6, 6.07) is 11.6. The molecule has 3 rings (SSSR count). The van der Waals surface area contributed by atoms with Crippen LogP contribution >= 0.6 is 0 Å². The summed E-state index contributed by atoms with van der Waals surface area (Å²) in [5.74, 6) is 11.8. The predicted octanol–water partition coefficient (Wildman–Crippen LogP) is 2.63. The third kappa shape index (κ3) is 3.49. The summed E-state index contributed by atoms with van der Waals surface area (Å²) in [4.78, 5) is 11.7. The van der Waals surface area contributed by atoms with Crippen molar-refractivity contribution in [1.82, 2.24) is 0 Å². The summed E-state index contributed by atoms with van der Waals surface area (Å²) in [6.07, 6.45) is 1.62. The average molecular weight is 315 g/mol. The fraction of sp³-hybridized carbons (Fsp3) is 0.190. The maximum Gasteiger partial charge on any atom is 0.250 e. The topological polar surface area (TPSA) is 52.3 Å². The Kier molecular flexibility index (Phi) is 4.66. The highest BCUT2D eigenvalue weighted by molar-refractivity contribution is 5.96. The molecule has 0 aromatic heterocycles. The summed E-state index contributed by atoms with van der Waals surface area (Å²) in [5.41, 5.74) is 10.5. The van der Waals surface area contributed by atoms with Gasteiger partial charge in [0.05, 0.1) is 12.2 Å². The normalized spacial score (nSPS) is 11.5. The van der Waals surface area contributed by atoms with Crippen molar-refractivity contribution in [2.75, 3.05) is 7.11 Å². The molecule has 2 aromatic carbocycles. The average Bonchev–Trinajstić information content (AvgIpc) is 2.60. The first-order valence-electron chi connectivity index (χ1n) is 7.73. The van der Waals surface area contributed by atoms with Crippen molar-refractivity contribution >= 4 is 5.91 Å². The van der Waals surface area contributed by atoms with Gasteiger partial charge in [-0.1, -0.05) is 35.8 Å². The molecule has 1 aliphatic rings. The monoisotopic (exact) mass is 315 g/mol. The lowest BCUT2D eigenvalue weighted by Crippen LogP contribution is -2.15. The van der Waals surface area contributed by atoms with Gasteiger partial charge in [-0.2, -0.15) is 0 Å². The molecule has 0 atom stereocenters. The van der Waals surface area contributed by atoms with E-state index in [1.54, 1.807) is 13.2 Å². The molecule has 0 heterocycles. The van der Waals surface area contributed by atoms with Crippen LogP contribution in [0.15, 0.2) is 36.4 Å². The maximum atomic E-state index is 11.7. The van der Waals surface area contributed by atoms with E-state index in [0.29, 0.717) is 12.2 Å². The van der Waals surface area contributed by atoms with Crippen LogP contribution in [-0.4, -0.2) is 13.0 Å². The van der Waals surface area contributed by atoms with Gasteiger partial charge in [-0.15, -0.1) is 0 Å². The molecule has 0 saturated heterocycles. The highest BCUT2D eigenvalue weighted by Crippen LogP contribution is 2.21. The molecule has 1 aliphatic carbocycles. The molecule has 0 unspecified atom stereocenters. The van der Waals surface area contributed by atoms with Crippen LogP contribution in [0, 0.1) is 23.7 Å². The number of primary amides is 1. The van der Waals surface area contributed by atoms with E-state index >= 15 is 0 Å². The first-order chi connectivity index (χ1) is 11.7. The molecule has 2 N–H and O–H groups in total. The lowest BCUT2D eigenvalue weighted by atomic mass is 9.92. The molecular formula is C21H17NO2. The number of benzene rings is 2. The molecule has 0 fully saturated rings. The van der Waals surface area contributed by atoms with Crippen LogP contribution in [0.4, 0.5) is 0 Å². The second-order valence-corrected chi connectivity index (χ2v) is 5.60. The summed E-state index contributed by atoms with van der Waals surface area (Å²) in [5, 5.41) is 0. The minimum absolute atomic E-state index is 0.458. The summed E-state index contributed by atoms with van der Waals surface area (Å²) >= 11 is 0. The zero-order chi connectivity index (χ0) is 16.9. The van der Waals surface area contributed by atoms with Gasteiger partial charge in [0, 0.05) is 30.2 Å². The van der Waals surface area contributed by atoms with Crippen LogP contribution < -0.4 is 5.73 Å². The molecule has 0 bridgehead atoms. The van der Waals surface area contributed by atoms with E-state index in [0.717, 1.165) is 40.7 Å². The first kappa shape index (κ1) is 15.9. The van der Waals surface area contributed by atoms with Crippen LogP contribution in [0.2, 0.25) is 0 Å². The van der Waals surface area contributed by atoms with Gasteiger partial charge in [0.15, 0.2) is 0 Å². The van der Waals surface area contributed by atoms with Gasteiger partial charge in [-0.3, -0.25) is 4.79 Å². The van der Waals surface area contributed by atoms with E-state index < -0.39 is 5.91 Å². The third-order valence-electron chi connectivity index (χ3n) is 3.83. The highest BCUT2D eigenvalue weighted by atomic mass is 16.5. The third-order valence-corrected chi connectivity index (χ3v) is 3.83. The molecule has 3 nitrogen and oxygen atoms in total. The Bertz CT molecular complexity index is 903. The van der Waals surface area contributed by atoms with Crippen molar-refractivity contribution in [2.45, 2.75) is 19.4 Å². The molecule has 24 heavy (non-hydrogen) atoms. The molecular weight excluding hydrogens is 298 g/mol. The Morgan fingerprint density at radius 3 is 2.67 bits per heavy atom. The zero-order valence-corrected chi connectivity index (χ0v) is 13.5. The first-order valence-corrected chi connectivity index (χ1v) is 7.73. The van der Waals surface area contributed by atoms with Gasteiger partial charge in [-0.25, -0.2) is 0 Å². The molecule has 0 radical (unpaired) electrons. The summed E-state index contributed by atoms with van der Waals surface area (Å²) in [7, 11) is 1.67. The Morgan fingerprint density at radius 2 is 1.96 bits per heavy atom. The largest absolute Gasteiger partial charge is 0.380 e. The van der Waals surface area contributed by atoms with Crippen molar-refractivity contribution in [3.63, 3.8) is 0 Å². The van der Waals surface area contributed by atoms with Crippen molar-refractivity contribution in [2.24, 2.45) is 5.73 Å². The quantitative estimate of drug-likeness (QED) is 0.885. The number of fused-ring (bicyclic) bond motifs is 1. The molecule has 0 spiro atoms. The van der Waals surface area contributed by atoms with Crippen LogP contribution in [-0.2, 0) is 17.8 Å². The predicted molar refractivity (Wildman–Crippen MR) is 93.3 cm³/mol. The van der Waals surface area contributed by atoms with E-state index in [1.165, 1.54) is 0 Å². The van der Waals surface area contributed by atoms with E-state index in [2.05, 4.69) is 23.7 Å². The van der Waals surface area contributed by atoms with Gasteiger partial charge in [-0.05, 0) is 41.8 Å². The number of methoxy groups -OCH3 is 1. The minimum atomic E-state index is -0.463. The Hall–Kier alpha value is -3.01. The van der Waals surface area contributed by atoms with Crippen LogP contribution in [0.25, 0.3) is 0 Å². The molecule has 2 aromatic rings. The van der Waals surface area contributed by atoms with Crippen molar-refractivity contribution < 1.29 is 9.53 Å². The van der Waals surface area contributed by atoms with Crippen LogP contribution in [0.1, 0.15) is 44.6 Å². The molecule has 118 valence electrons.